The van der Waals surface area contributed by atoms with Gasteiger partial charge < -0.3 is 0 Å². The van der Waals surface area contributed by atoms with E-state index in [1.54, 1.807) is 0 Å². The Morgan fingerprint density at radius 3 is 2.60 bits per heavy atom. The lowest BCUT2D eigenvalue weighted by Gasteiger charge is -2.11. The third-order valence-electron chi connectivity index (χ3n) is 1.14. The van der Waals surface area contributed by atoms with Gasteiger partial charge in [0.15, 0.2) is 6.33 Å². The molecular formula is C7H8FN2. The first-order valence-electron chi connectivity index (χ1n) is 2.99. The zero-order valence-corrected chi connectivity index (χ0v) is 5.93. The quantitative estimate of drug-likeness (QED) is 0.589. The summed E-state index contributed by atoms with van der Waals surface area (Å²) in [5.41, 5.74) is -1.03. The number of halogens is 1. The van der Waals surface area contributed by atoms with E-state index in [1.807, 2.05) is 0 Å². The monoisotopic (exact) mass is 139 g/mol. The van der Waals surface area contributed by atoms with Crippen molar-refractivity contribution in [1.82, 2.24) is 9.97 Å². The molecule has 0 spiro atoms. The molecule has 1 aromatic rings. The van der Waals surface area contributed by atoms with Crippen molar-refractivity contribution >= 4 is 0 Å². The van der Waals surface area contributed by atoms with Crippen LogP contribution in [0, 0.1) is 6.33 Å². The molecule has 1 aromatic heterocycles. The van der Waals surface area contributed by atoms with Gasteiger partial charge in [0.25, 0.3) is 0 Å². The van der Waals surface area contributed by atoms with Gasteiger partial charge in [-0.05, 0) is 19.9 Å². The van der Waals surface area contributed by atoms with Crippen LogP contribution in [0.4, 0.5) is 4.39 Å². The van der Waals surface area contributed by atoms with E-state index >= 15 is 0 Å². The number of aromatic nitrogens is 2. The fourth-order valence-electron chi connectivity index (χ4n) is 0.592. The first-order chi connectivity index (χ1) is 4.61. The Labute approximate surface area is 59.1 Å². The van der Waals surface area contributed by atoms with Gasteiger partial charge in [0.05, 0.1) is 5.69 Å². The van der Waals surface area contributed by atoms with Crippen molar-refractivity contribution in [3.8, 4) is 0 Å². The van der Waals surface area contributed by atoms with Crippen LogP contribution in [0.3, 0.4) is 0 Å². The summed E-state index contributed by atoms with van der Waals surface area (Å²) in [6.07, 6.45) is 3.80. The molecule has 3 heteroatoms. The number of alkyl halides is 1. The zero-order chi connectivity index (χ0) is 7.61. The van der Waals surface area contributed by atoms with Gasteiger partial charge in [-0.3, -0.25) is 0 Å². The predicted octanol–water partition coefficient (Wildman–Crippen LogP) is 1.48. The third-order valence-corrected chi connectivity index (χ3v) is 1.14. The Morgan fingerprint density at radius 1 is 1.60 bits per heavy atom. The molecule has 0 fully saturated rings. The minimum Gasteiger partial charge on any atom is -0.238 e. The van der Waals surface area contributed by atoms with Gasteiger partial charge in [0.2, 0.25) is 0 Å². The second-order valence-corrected chi connectivity index (χ2v) is 2.51. The molecular weight excluding hydrogens is 131 g/mol. The van der Waals surface area contributed by atoms with E-state index in [0.717, 1.165) is 0 Å². The molecule has 53 valence electrons. The number of rotatable bonds is 1. The average molecular weight is 139 g/mol. The van der Waals surface area contributed by atoms with Crippen LogP contribution in [-0.2, 0) is 5.67 Å². The van der Waals surface area contributed by atoms with Crippen LogP contribution in [0.15, 0.2) is 12.3 Å². The highest BCUT2D eigenvalue weighted by Crippen LogP contribution is 2.20. The smallest absolute Gasteiger partial charge is 0.198 e. The fourth-order valence-corrected chi connectivity index (χ4v) is 0.592. The molecule has 10 heavy (non-hydrogen) atoms. The lowest BCUT2D eigenvalue weighted by molar-refractivity contribution is 0.214. The summed E-state index contributed by atoms with van der Waals surface area (Å²) in [5.74, 6) is 0. The molecule has 0 saturated carbocycles. The topological polar surface area (TPSA) is 25.8 Å². The number of hydrogen-bond acceptors (Lipinski definition) is 2. The first kappa shape index (κ1) is 7.12. The van der Waals surface area contributed by atoms with Crippen molar-refractivity contribution in [3.63, 3.8) is 0 Å². The van der Waals surface area contributed by atoms with Crippen LogP contribution in [0.1, 0.15) is 19.5 Å². The van der Waals surface area contributed by atoms with Crippen molar-refractivity contribution < 1.29 is 4.39 Å². The maximum atomic E-state index is 13.0. The highest BCUT2D eigenvalue weighted by Gasteiger charge is 2.19. The van der Waals surface area contributed by atoms with E-state index in [1.165, 1.54) is 26.1 Å². The summed E-state index contributed by atoms with van der Waals surface area (Å²) in [6, 6.07) is 1.54. The van der Waals surface area contributed by atoms with E-state index in [2.05, 4.69) is 16.3 Å². The van der Waals surface area contributed by atoms with Crippen LogP contribution >= 0.6 is 0 Å². The largest absolute Gasteiger partial charge is 0.238 e. The number of hydrogen-bond donors (Lipinski definition) is 0. The SMILES string of the molecule is CC(C)(F)c1ccn[c]n1. The second-order valence-electron chi connectivity index (χ2n) is 2.51. The summed E-state index contributed by atoms with van der Waals surface area (Å²) in [6.45, 7) is 2.90. The van der Waals surface area contributed by atoms with Crippen molar-refractivity contribution in [2.75, 3.05) is 0 Å². The summed E-state index contributed by atoms with van der Waals surface area (Å²) in [7, 11) is 0. The van der Waals surface area contributed by atoms with E-state index in [9.17, 15) is 4.39 Å². The Balaban J connectivity index is 2.97. The molecule has 1 radical (unpaired) electrons. The Kier molecular flexibility index (Phi) is 1.66. The van der Waals surface area contributed by atoms with E-state index in [0.29, 0.717) is 5.69 Å². The van der Waals surface area contributed by atoms with Gasteiger partial charge in [-0.1, -0.05) is 0 Å². The summed E-state index contributed by atoms with van der Waals surface area (Å²) < 4.78 is 13.0. The molecule has 0 bridgehead atoms. The Bertz CT molecular complexity index is 203. The van der Waals surface area contributed by atoms with Crippen LogP contribution < -0.4 is 0 Å². The molecule has 0 saturated heterocycles. The van der Waals surface area contributed by atoms with Crippen molar-refractivity contribution in [2.45, 2.75) is 19.5 Å². The molecule has 0 atom stereocenters. The van der Waals surface area contributed by atoms with Gasteiger partial charge in [-0.25, -0.2) is 14.4 Å². The van der Waals surface area contributed by atoms with Crippen LogP contribution in [-0.4, -0.2) is 9.97 Å². The van der Waals surface area contributed by atoms with Gasteiger partial charge in [-0.15, -0.1) is 0 Å². The van der Waals surface area contributed by atoms with Gasteiger partial charge >= 0.3 is 0 Å². The lowest BCUT2D eigenvalue weighted by atomic mass is 10.1. The van der Waals surface area contributed by atoms with Gasteiger partial charge in [0, 0.05) is 6.20 Å². The van der Waals surface area contributed by atoms with Crippen molar-refractivity contribution in [2.24, 2.45) is 0 Å². The maximum Gasteiger partial charge on any atom is 0.198 e. The summed E-state index contributed by atoms with van der Waals surface area (Å²) >= 11 is 0. The Morgan fingerprint density at radius 2 is 2.30 bits per heavy atom. The molecule has 0 aliphatic rings. The first-order valence-corrected chi connectivity index (χ1v) is 2.99. The van der Waals surface area contributed by atoms with Gasteiger partial charge in [0.1, 0.15) is 5.67 Å². The molecule has 0 aromatic carbocycles. The molecule has 1 rings (SSSR count). The van der Waals surface area contributed by atoms with Crippen molar-refractivity contribution in [3.05, 3.63) is 24.3 Å². The van der Waals surface area contributed by atoms with Gasteiger partial charge in [-0.2, -0.15) is 0 Å². The highest BCUT2D eigenvalue weighted by molar-refractivity contribution is 5.06. The highest BCUT2D eigenvalue weighted by atomic mass is 19.1. The predicted molar refractivity (Wildman–Crippen MR) is 35.0 cm³/mol. The van der Waals surface area contributed by atoms with E-state index in [-0.39, 0.29) is 0 Å². The minimum atomic E-state index is -1.39. The summed E-state index contributed by atoms with van der Waals surface area (Å²) in [5, 5.41) is 0. The van der Waals surface area contributed by atoms with E-state index in [4.69, 9.17) is 0 Å². The minimum absolute atomic E-state index is 0.363. The lowest BCUT2D eigenvalue weighted by Crippen LogP contribution is -2.11. The molecule has 0 amide bonds. The Hall–Kier alpha value is -0.990. The summed E-state index contributed by atoms with van der Waals surface area (Å²) in [4.78, 5) is 7.20. The number of nitrogens with zero attached hydrogens (tertiary/aromatic N) is 2. The van der Waals surface area contributed by atoms with Crippen LogP contribution in [0.2, 0.25) is 0 Å². The molecule has 0 aliphatic heterocycles. The zero-order valence-electron chi connectivity index (χ0n) is 5.93. The second kappa shape index (κ2) is 2.33. The average Bonchev–Trinajstić information content (AvgIpc) is 1.88. The molecule has 0 unspecified atom stereocenters. The fraction of sp³-hybridized carbons (Fsp3) is 0.429. The van der Waals surface area contributed by atoms with Crippen LogP contribution in [0.25, 0.3) is 0 Å². The van der Waals surface area contributed by atoms with Crippen LogP contribution in [0.5, 0.6) is 0 Å². The third kappa shape index (κ3) is 1.50. The van der Waals surface area contributed by atoms with Crippen molar-refractivity contribution in [1.29, 1.82) is 0 Å². The normalized spacial score (nSPS) is 11.5. The van der Waals surface area contributed by atoms with E-state index < -0.39 is 5.67 Å². The standard InChI is InChI=1S/C7H8FN2/c1-7(2,8)6-3-4-9-5-10-6/h3-4H,1-2H3. The maximum absolute atomic E-state index is 13.0. The molecule has 1 heterocycles. The molecule has 0 aliphatic carbocycles. The molecule has 2 nitrogen and oxygen atoms in total. The molecule has 0 N–H and O–H groups in total.